The molecule has 2 N–H and O–H groups in total. The van der Waals surface area contributed by atoms with E-state index in [1.807, 2.05) is 0 Å². The summed E-state index contributed by atoms with van der Waals surface area (Å²) in [5.74, 6) is -0.742. The van der Waals surface area contributed by atoms with Gasteiger partial charge in [0, 0.05) is 11.6 Å². The molecule has 0 bridgehead atoms. The zero-order valence-corrected chi connectivity index (χ0v) is 19.3. The van der Waals surface area contributed by atoms with Gasteiger partial charge in [-0.1, -0.05) is 41.9 Å². The summed E-state index contributed by atoms with van der Waals surface area (Å²) in [6, 6.07) is 9.99. The number of sulfone groups is 1. The molecule has 2 aromatic carbocycles. The zero-order chi connectivity index (χ0) is 24.8. The van der Waals surface area contributed by atoms with E-state index in [1.165, 1.54) is 25.1 Å². The van der Waals surface area contributed by atoms with Crippen molar-refractivity contribution in [2.45, 2.75) is 24.2 Å². The molecule has 12 heteroatoms. The van der Waals surface area contributed by atoms with Gasteiger partial charge in [0.2, 0.25) is 0 Å². The molecule has 4 rings (SSSR count). The molecule has 1 atom stereocenters. The Morgan fingerprint density at radius 3 is 2.41 bits per heavy atom. The van der Waals surface area contributed by atoms with Gasteiger partial charge in [0.1, 0.15) is 29.2 Å². The second-order valence-corrected chi connectivity index (χ2v) is 9.99. The lowest BCUT2D eigenvalue weighted by Gasteiger charge is -2.20. The third kappa shape index (κ3) is 4.71. The highest BCUT2D eigenvalue weighted by Crippen LogP contribution is 2.35. The van der Waals surface area contributed by atoms with E-state index in [0.717, 1.165) is 18.4 Å². The van der Waals surface area contributed by atoms with Crippen molar-refractivity contribution in [2.24, 2.45) is 0 Å². The Morgan fingerprint density at radius 2 is 1.79 bits per heavy atom. The van der Waals surface area contributed by atoms with E-state index in [1.54, 1.807) is 18.2 Å². The van der Waals surface area contributed by atoms with Crippen LogP contribution in [-0.2, 0) is 16.0 Å². The van der Waals surface area contributed by atoms with Crippen LogP contribution in [0.3, 0.4) is 0 Å². The first-order chi connectivity index (χ1) is 15.8. The fraction of sp³-hybridized carbons (Fsp3) is 0.182. The maximum absolute atomic E-state index is 13.8. The standard InChI is InChI=1S/C22H17ClF4N4O2S/c1-11-21(34(2,32)33)31-20(28-11)18(13-7-8-16(24)15(23)9-13)30-19-14-6-4-3-5-12(14)10-17(29-19)22(25,26)27/h3-10,18H,1-2H3,(H,28,31)(H,29,30). The van der Waals surface area contributed by atoms with Gasteiger partial charge in [0.05, 0.1) is 10.7 Å². The molecule has 4 aromatic rings. The second kappa shape index (κ2) is 8.55. The Labute approximate surface area is 196 Å². The van der Waals surface area contributed by atoms with Crippen molar-refractivity contribution in [3.8, 4) is 0 Å². The topological polar surface area (TPSA) is 87.7 Å². The summed E-state index contributed by atoms with van der Waals surface area (Å²) < 4.78 is 78.6. The van der Waals surface area contributed by atoms with Gasteiger partial charge < -0.3 is 10.3 Å². The van der Waals surface area contributed by atoms with Gasteiger partial charge in [0.25, 0.3) is 0 Å². The average molecular weight is 513 g/mol. The Balaban J connectivity index is 1.92. The number of anilines is 1. The molecule has 0 amide bonds. The molecule has 0 aliphatic rings. The molecule has 0 saturated carbocycles. The van der Waals surface area contributed by atoms with Gasteiger partial charge in [-0.3, -0.25) is 0 Å². The number of hydrogen-bond acceptors (Lipinski definition) is 5. The van der Waals surface area contributed by atoms with Crippen LogP contribution >= 0.6 is 11.6 Å². The molecule has 1 unspecified atom stereocenters. The number of aromatic amines is 1. The van der Waals surface area contributed by atoms with Gasteiger partial charge in [-0.25, -0.2) is 22.8 Å². The molecule has 0 saturated heterocycles. The van der Waals surface area contributed by atoms with Crippen LogP contribution in [0.25, 0.3) is 10.8 Å². The number of nitrogens with zero attached hydrogens (tertiary/aromatic N) is 2. The van der Waals surface area contributed by atoms with Crippen molar-refractivity contribution in [1.29, 1.82) is 0 Å². The van der Waals surface area contributed by atoms with Crippen LogP contribution in [0, 0.1) is 12.7 Å². The molecule has 34 heavy (non-hydrogen) atoms. The first-order valence-electron chi connectivity index (χ1n) is 9.79. The molecule has 178 valence electrons. The van der Waals surface area contributed by atoms with E-state index in [-0.39, 0.29) is 32.8 Å². The van der Waals surface area contributed by atoms with E-state index in [4.69, 9.17) is 11.6 Å². The molecule has 0 radical (unpaired) electrons. The van der Waals surface area contributed by atoms with Crippen molar-refractivity contribution in [3.05, 3.63) is 82.1 Å². The molecule has 0 spiro atoms. The smallest absolute Gasteiger partial charge is 0.356 e. The molecule has 0 aliphatic heterocycles. The number of alkyl halides is 3. The fourth-order valence-electron chi connectivity index (χ4n) is 3.56. The molecule has 0 aliphatic carbocycles. The number of nitrogens with one attached hydrogen (secondary N) is 2. The lowest BCUT2D eigenvalue weighted by Crippen LogP contribution is -2.17. The van der Waals surface area contributed by atoms with Gasteiger partial charge in [-0.05, 0) is 36.1 Å². The number of imidazole rings is 1. The number of aromatic nitrogens is 3. The van der Waals surface area contributed by atoms with E-state index >= 15 is 0 Å². The summed E-state index contributed by atoms with van der Waals surface area (Å²) in [5.41, 5.74) is -0.556. The summed E-state index contributed by atoms with van der Waals surface area (Å²) in [5, 5.41) is 3.16. The molecule has 6 nitrogen and oxygen atoms in total. The number of benzene rings is 2. The second-order valence-electron chi connectivity index (χ2n) is 7.65. The highest BCUT2D eigenvalue weighted by Gasteiger charge is 2.34. The van der Waals surface area contributed by atoms with Crippen molar-refractivity contribution in [3.63, 3.8) is 0 Å². The van der Waals surface area contributed by atoms with E-state index in [9.17, 15) is 26.0 Å². The lowest BCUT2D eigenvalue weighted by molar-refractivity contribution is -0.141. The molecular formula is C22H17ClF4N4O2S. The van der Waals surface area contributed by atoms with Crippen LogP contribution in [-0.4, -0.2) is 29.6 Å². The van der Waals surface area contributed by atoms with Gasteiger partial charge in [0.15, 0.2) is 14.9 Å². The summed E-state index contributed by atoms with van der Waals surface area (Å²) in [7, 11) is -3.70. The zero-order valence-electron chi connectivity index (χ0n) is 17.7. The first kappa shape index (κ1) is 24.0. The predicted octanol–water partition coefficient (Wildman–Crippen LogP) is 5.68. The minimum Gasteiger partial charge on any atom is -0.356 e. The van der Waals surface area contributed by atoms with Crippen molar-refractivity contribution in [2.75, 3.05) is 11.6 Å². The Bertz CT molecular complexity index is 1500. The quantitative estimate of drug-likeness (QED) is 0.336. The SMILES string of the molecule is Cc1[nH]c(C(Nc2nc(C(F)(F)F)cc3ccccc23)c2ccc(F)c(Cl)c2)nc1S(C)(=O)=O. The predicted molar refractivity (Wildman–Crippen MR) is 120 cm³/mol. The Kier molecular flexibility index (Phi) is 6.03. The average Bonchev–Trinajstić information content (AvgIpc) is 3.15. The minimum atomic E-state index is -4.71. The Hall–Kier alpha value is -3.18. The molecule has 2 heterocycles. The Morgan fingerprint density at radius 1 is 1.09 bits per heavy atom. The summed E-state index contributed by atoms with van der Waals surface area (Å²) >= 11 is 5.94. The molecule has 0 fully saturated rings. The van der Waals surface area contributed by atoms with Crippen LogP contribution in [0.15, 0.2) is 53.6 Å². The number of fused-ring (bicyclic) bond motifs is 1. The first-order valence-corrected chi connectivity index (χ1v) is 12.1. The normalized spacial score (nSPS) is 13.3. The minimum absolute atomic E-state index is 0.0730. The summed E-state index contributed by atoms with van der Waals surface area (Å²) in [4.78, 5) is 10.8. The number of rotatable bonds is 5. The van der Waals surface area contributed by atoms with Crippen molar-refractivity contribution in [1.82, 2.24) is 15.0 Å². The van der Waals surface area contributed by atoms with E-state index in [0.29, 0.717) is 10.9 Å². The highest BCUT2D eigenvalue weighted by molar-refractivity contribution is 7.90. The van der Waals surface area contributed by atoms with Crippen LogP contribution in [0.4, 0.5) is 23.4 Å². The van der Waals surface area contributed by atoms with Gasteiger partial charge in [-0.15, -0.1) is 0 Å². The number of hydrogen-bond donors (Lipinski definition) is 2. The third-order valence-electron chi connectivity index (χ3n) is 5.07. The van der Waals surface area contributed by atoms with E-state index in [2.05, 4.69) is 20.3 Å². The van der Waals surface area contributed by atoms with Crippen LogP contribution in [0.1, 0.15) is 28.8 Å². The summed E-state index contributed by atoms with van der Waals surface area (Å²) in [6.45, 7) is 1.50. The maximum atomic E-state index is 13.8. The van der Waals surface area contributed by atoms with Crippen molar-refractivity contribution >= 4 is 38.0 Å². The number of H-pyrrole nitrogens is 1. The van der Waals surface area contributed by atoms with Gasteiger partial charge >= 0.3 is 6.18 Å². The number of halogens is 5. The van der Waals surface area contributed by atoms with Crippen LogP contribution in [0.2, 0.25) is 5.02 Å². The fourth-order valence-corrected chi connectivity index (χ4v) is 4.62. The van der Waals surface area contributed by atoms with Crippen molar-refractivity contribution < 1.29 is 26.0 Å². The maximum Gasteiger partial charge on any atom is 0.433 e. The molecule has 2 aromatic heterocycles. The monoisotopic (exact) mass is 512 g/mol. The highest BCUT2D eigenvalue weighted by atomic mass is 35.5. The van der Waals surface area contributed by atoms with Gasteiger partial charge in [-0.2, -0.15) is 13.2 Å². The summed E-state index contributed by atoms with van der Waals surface area (Å²) in [6.07, 6.45) is -3.72. The van der Waals surface area contributed by atoms with E-state index < -0.39 is 33.6 Å². The largest absolute Gasteiger partial charge is 0.433 e. The third-order valence-corrected chi connectivity index (χ3v) is 6.46. The van der Waals surface area contributed by atoms with Crippen LogP contribution < -0.4 is 5.32 Å². The molecular weight excluding hydrogens is 496 g/mol. The number of aryl methyl sites for hydroxylation is 1. The van der Waals surface area contributed by atoms with Crippen LogP contribution in [0.5, 0.6) is 0 Å². The number of pyridine rings is 1. The lowest BCUT2D eigenvalue weighted by atomic mass is 10.0.